The summed E-state index contributed by atoms with van der Waals surface area (Å²) >= 11 is 0. The Kier molecular flexibility index (Phi) is 3.57. The molecule has 0 radical (unpaired) electrons. The van der Waals surface area contributed by atoms with Gasteiger partial charge in [-0.05, 0) is 12.0 Å². The highest BCUT2D eigenvalue weighted by Crippen LogP contribution is 2.17. The maximum Gasteiger partial charge on any atom is 0.226 e. The second-order valence-corrected chi connectivity index (χ2v) is 4.24. The number of nitrogens with one attached hydrogen (secondary N) is 2. The Labute approximate surface area is 96.2 Å². The molecule has 3 heteroatoms. The summed E-state index contributed by atoms with van der Waals surface area (Å²) in [6, 6.07) is 10.3. The van der Waals surface area contributed by atoms with Crippen LogP contribution in [0.15, 0.2) is 30.3 Å². The molecule has 0 saturated carbocycles. The van der Waals surface area contributed by atoms with Crippen LogP contribution in [0.3, 0.4) is 0 Å². The number of hydrogen-bond donors (Lipinski definition) is 2. The number of hydrogen-bond acceptors (Lipinski definition) is 2. The van der Waals surface area contributed by atoms with Gasteiger partial charge in [-0.1, -0.05) is 37.3 Å². The third-order valence-corrected chi connectivity index (χ3v) is 3.08. The van der Waals surface area contributed by atoms with Gasteiger partial charge in [0, 0.05) is 13.1 Å². The molecule has 1 amide bonds. The Bertz CT molecular complexity index is 346. The van der Waals surface area contributed by atoms with Crippen LogP contribution in [0.5, 0.6) is 0 Å². The van der Waals surface area contributed by atoms with E-state index in [4.69, 9.17) is 0 Å². The van der Waals surface area contributed by atoms with E-state index < -0.39 is 0 Å². The molecule has 1 fully saturated rings. The van der Waals surface area contributed by atoms with Crippen molar-refractivity contribution in [3.8, 4) is 0 Å². The highest BCUT2D eigenvalue weighted by Gasteiger charge is 2.26. The van der Waals surface area contributed by atoms with E-state index in [1.807, 2.05) is 18.2 Å². The lowest BCUT2D eigenvalue weighted by atomic mass is 9.99. The van der Waals surface area contributed by atoms with E-state index in [1.54, 1.807) is 0 Å². The molecule has 2 rings (SSSR count). The summed E-state index contributed by atoms with van der Waals surface area (Å²) in [7, 11) is 0. The summed E-state index contributed by atoms with van der Waals surface area (Å²) in [5, 5.41) is 6.22. The van der Waals surface area contributed by atoms with Crippen LogP contribution in [0.1, 0.15) is 24.9 Å². The van der Waals surface area contributed by atoms with Crippen molar-refractivity contribution in [1.82, 2.24) is 10.6 Å². The van der Waals surface area contributed by atoms with Crippen LogP contribution in [0.4, 0.5) is 0 Å². The third kappa shape index (κ3) is 2.42. The highest BCUT2D eigenvalue weighted by atomic mass is 16.2. The van der Waals surface area contributed by atoms with Gasteiger partial charge >= 0.3 is 0 Å². The minimum Gasteiger partial charge on any atom is -0.349 e. The van der Waals surface area contributed by atoms with Gasteiger partial charge in [-0.15, -0.1) is 0 Å². The molecule has 1 aliphatic heterocycles. The molecule has 16 heavy (non-hydrogen) atoms. The van der Waals surface area contributed by atoms with Crippen molar-refractivity contribution in [3.63, 3.8) is 0 Å². The van der Waals surface area contributed by atoms with E-state index in [-0.39, 0.29) is 17.9 Å². The second-order valence-electron chi connectivity index (χ2n) is 4.24. The molecular formula is C13H18N2O. The first-order chi connectivity index (χ1) is 7.81. The molecule has 0 bridgehead atoms. The first-order valence-electron chi connectivity index (χ1n) is 5.87. The monoisotopic (exact) mass is 218 g/mol. The van der Waals surface area contributed by atoms with Gasteiger partial charge in [0.15, 0.2) is 0 Å². The lowest BCUT2D eigenvalue weighted by molar-refractivity contribution is -0.127. The smallest absolute Gasteiger partial charge is 0.226 e. The lowest BCUT2D eigenvalue weighted by Crippen LogP contribution is -2.51. The Morgan fingerprint density at radius 2 is 2.12 bits per heavy atom. The van der Waals surface area contributed by atoms with E-state index in [1.165, 1.54) is 5.56 Å². The van der Waals surface area contributed by atoms with Crippen molar-refractivity contribution < 1.29 is 4.79 Å². The van der Waals surface area contributed by atoms with Crippen LogP contribution >= 0.6 is 0 Å². The minimum atomic E-state index is 0.147. The van der Waals surface area contributed by atoms with Gasteiger partial charge in [-0.2, -0.15) is 0 Å². The summed E-state index contributed by atoms with van der Waals surface area (Å²) < 4.78 is 0. The van der Waals surface area contributed by atoms with Crippen molar-refractivity contribution >= 4 is 5.91 Å². The molecule has 2 N–H and O–H groups in total. The second kappa shape index (κ2) is 5.12. The Morgan fingerprint density at radius 1 is 1.44 bits per heavy atom. The van der Waals surface area contributed by atoms with E-state index in [9.17, 15) is 4.79 Å². The minimum absolute atomic E-state index is 0.147. The molecule has 0 aliphatic carbocycles. The normalized spacial score (nSPS) is 17.6. The zero-order chi connectivity index (χ0) is 11.4. The largest absolute Gasteiger partial charge is 0.349 e. The Balaban J connectivity index is 1.97. The van der Waals surface area contributed by atoms with Crippen molar-refractivity contribution in [2.75, 3.05) is 13.1 Å². The van der Waals surface area contributed by atoms with E-state index in [0.717, 1.165) is 19.5 Å². The molecule has 1 atom stereocenters. The summed E-state index contributed by atoms with van der Waals surface area (Å²) in [4.78, 5) is 11.8. The van der Waals surface area contributed by atoms with Gasteiger partial charge in [-0.3, -0.25) is 4.79 Å². The molecule has 1 aromatic rings. The summed E-state index contributed by atoms with van der Waals surface area (Å²) in [5.41, 5.74) is 1.19. The molecule has 1 saturated heterocycles. The van der Waals surface area contributed by atoms with Crippen LogP contribution in [-0.4, -0.2) is 19.0 Å². The SMILES string of the molecule is CCC(NC(=O)C1CNC1)c1ccccc1. The van der Waals surface area contributed by atoms with Crippen molar-refractivity contribution in [2.45, 2.75) is 19.4 Å². The van der Waals surface area contributed by atoms with Gasteiger partial charge in [0.25, 0.3) is 0 Å². The topological polar surface area (TPSA) is 41.1 Å². The summed E-state index contributed by atoms with van der Waals surface area (Å²) in [5.74, 6) is 0.340. The molecule has 0 spiro atoms. The quantitative estimate of drug-likeness (QED) is 0.803. The summed E-state index contributed by atoms with van der Waals surface area (Å²) in [6.07, 6.45) is 0.926. The van der Waals surface area contributed by atoms with Crippen LogP contribution in [0, 0.1) is 5.92 Å². The lowest BCUT2D eigenvalue weighted by Gasteiger charge is -2.28. The van der Waals surface area contributed by atoms with Crippen LogP contribution < -0.4 is 10.6 Å². The van der Waals surface area contributed by atoms with E-state index in [0.29, 0.717) is 0 Å². The molecule has 1 unspecified atom stereocenters. The van der Waals surface area contributed by atoms with Crippen LogP contribution in [0.2, 0.25) is 0 Å². The molecule has 1 heterocycles. The van der Waals surface area contributed by atoms with Crippen molar-refractivity contribution in [1.29, 1.82) is 0 Å². The number of benzene rings is 1. The standard InChI is InChI=1S/C13H18N2O/c1-2-12(10-6-4-3-5-7-10)15-13(16)11-8-14-9-11/h3-7,11-12,14H,2,8-9H2,1H3,(H,15,16). The first kappa shape index (κ1) is 11.1. The van der Waals surface area contributed by atoms with Crippen LogP contribution in [-0.2, 0) is 4.79 Å². The average molecular weight is 218 g/mol. The number of carbonyl (C=O) groups is 1. The number of amides is 1. The number of carbonyl (C=O) groups excluding carboxylic acids is 1. The fourth-order valence-corrected chi connectivity index (χ4v) is 1.87. The van der Waals surface area contributed by atoms with Gasteiger partial charge in [0.2, 0.25) is 5.91 Å². The fourth-order valence-electron chi connectivity index (χ4n) is 1.87. The molecule has 1 aromatic carbocycles. The Morgan fingerprint density at radius 3 is 2.62 bits per heavy atom. The Hall–Kier alpha value is -1.35. The maximum atomic E-state index is 11.8. The van der Waals surface area contributed by atoms with Gasteiger partial charge in [0.05, 0.1) is 12.0 Å². The molecule has 1 aliphatic rings. The van der Waals surface area contributed by atoms with Gasteiger partial charge < -0.3 is 10.6 Å². The average Bonchev–Trinajstić information content (AvgIpc) is 2.24. The fraction of sp³-hybridized carbons (Fsp3) is 0.462. The number of rotatable bonds is 4. The third-order valence-electron chi connectivity index (χ3n) is 3.08. The van der Waals surface area contributed by atoms with E-state index in [2.05, 4.69) is 29.7 Å². The highest BCUT2D eigenvalue weighted by molar-refractivity contribution is 5.80. The predicted molar refractivity (Wildman–Crippen MR) is 64.0 cm³/mol. The molecule has 86 valence electrons. The first-order valence-corrected chi connectivity index (χ1v) is 5.87. The maximum absolute atomic E-state index is 11.8. The van der Waals surface area contributed by atoms with Gasteiger partial charge in [0.1, 0.15) is 0 Å². The molecule has 3 nitrogen and oxygen atoms in total. The van der Waals surface area contributed by atoms with Crippen LogP contribution in [0.25, 0.3) is 0 Å². The summed E-state index contributed by atoms with van der Waals surface area (Å²) in [6.45, 7) is 3.73. The zero-order valence-electron chi connectivity index (χ0n) is 9.57. The van der Waals surface area contributed by atoms with Gasteiger partial charge in [-0.25, -0.2) is 0 Å². The van der Waals surface area contributed by atoms with Crippen molar-refractivity contribution in [3.05, 3.63) is 35.9 Å². The van der Waals surface area contributed by atoms with E-state index >= 15 is 0 Å². The molecule has 0 aromatic heterocycles. The zero-order valence-corrected chi connectivity index (χ0v) is 9.57. The van der Waals surface area contributed by atoms with Crippen molar-refractivity contribution in [2.24, 2.45) is 5.92 Å². The molecular weight excluding hydrogens is 200 g/mol. The predicted octanol–water partition coefficient (Wildman–Crippen LogP) is 1.47.